The van der Waals surface area contributed by atoms with Crippen LogP contribution < -0.4 is 9.46 Å². The topological polar surface area (TPSA) is 84.9 Å². The highest BCUT2D eigenvalue weighted by Gasteiger charge is 2.31. The van der Waals surface area contributed by atoms with Crippen LogP contribution in [0.1, 0.15) is 0 Å². The largest absolute Gasteiger partial charge is 0.573 e. The van der Waals surface area contributed by atoms with Crippen LogP contribution in [0, 0.1) is 0 Å². The van der Waals surface area contributed by atoms with Crippen molar-refractivity contribution >= 4 is 10.0 Å². The summed E-state index contributed by atoms with van der Waals surface area (Å²) in [6, 6.07) is 2.83. The third-order valence-corrected chi connectivity index (χ3v) is 3.81. The van der Waals surface area contributed by atoms with Crippen LogP contribution in [0.2, 0.25) is 0 Å². The van der Waals surface area contributed by atoms with Gasteiger partial charge in [0, 0.05) is 7.11 Å². The summed E-state index contributed by atoms with van der Waals surface area (Å²) in [6.45, 7) is -0.534. The molecule has 1 aromatic rings. The van der Waals surface area contributed by atoms with Gasteiger partial charge < -0.3 is 14.6 Å². The third-order valence-electron chi connectivity index (χ3n) is 2.28. The van der Waals surface area contributed by atoms with Gasteiger partial charge in [0.15, 0.2) is 0 Å². The maximum Gasteiger partial charge on any atom is 0.573 e. The smallest absolute Gasteiger partial charge is 0.406 e. The Morgan fingerprint density at radius 1 is 1.29 bits per heavy atom. The van der Waals surface area contributed by atoms with Crippen LogP contribution in [0.4, 0.5) is 13.2 Å². The number of rotatable bonds is 7. The molecule has 1 unspecified atom stereocenters. The molecule has 10 heteroatoms. The maximum absolute atomic E-state index is 12.0. The minimum atomic E-state index is -4.85. The van der Waals surface area contributed by atoms with Crippen LogP contribution in [0.3, 0.4) is 0 Å². The van der Waals surface area contributed by atoms with Crippen LogP contribution in [0.5, 0.6) is 5.75 Å². The molecule has 0 heterocycles. The van der Waals surface area contributed by atoms with Crippen molar-refractivity contribution in [3.8, 4) is 5.75 Å². The van der Waals surface area contributed by atoms with Crippen LogP contribution in [0.15, 0.2) is 29.2 Å². The zero-order valence-electron chi connectivity index (χ0n) is 10.9. The highest BCUT2D eigenvalue weighted by atomic mass is 32.2. The van der Waals surface area contributed by atoms with Crippen molar-refractivity contribution in [1.82, 2.24) is 4.72 Å². The van der Waals surface area contributed by atoms with Crippen LogP contribution in [-0.2, 0) is 14.8 Å². The van der Waals surface area contributed by atoms with E-state index in [0.29, 0.717) is 0 Å². The molecule has 0 aliphatic carbocycles. The van der Waals surface area contributed by atoms with Crippen molar-refractivity contribution in [3.05, 3.63) is 24.3 Å². The van der Waals surface area contributed by atoms with E-state index in [1.54, 1.807) is 0 Å². The zero-order valence-corrected chi connectivity index (χ0v) is 11.7. The van der Waals surface area contributed by atoms with Gasteiger partial charge in [-0.1, -0.05) is 0 Å². The summed E-state index contributed by atoms with van der Waals surface area (Å²) in [5, 5.41) is 8.99. The summed E-state index contributed by atoms with van der Waals surface area (Å²) < 4.78 is 70.3. The molecule has 21 heavy (non-hydrogen) atoms. The van der Waals surface area contributed by atoms with Crippen molar-refractivity contribution in [2.75, 3.05) is 20.3 Å². The lowest BCUT2D eigenvalue weighted by molar-refractivity contribution is -0.274. The van der Waals surface area contributed by atoms with Gasteiger partial charge >= 0.3 is 6.36 Å². The van der Waals surface area contributed by atoms with Gasteiger partial charge in [-0.25, -0.2) is 13.1 Å². The number of methoxy groups -OCH3 is 1. The molecule has 0 spiro atoms. The molecule has 0 aliphatic heterocycles. The fourth-order valence-corrected chi connectivity index (χ4v) is 2.64. The number of hydrogen-bond acceptors (Lipinski definition) is 5. The number of halogens is 3. The molecule has 0 saturated heterocycles. The molecule has 0 saturated carbocycles. The van der Waals surface area contributed by atoms with E-state index in [0.717, 1.165) is 24.3 Å². The van der Waals surface area contributed by atoms with E-state index in [9.17, 15) is 21.6 Å². The summed E-state index contributed by atoms with van der Waals surface area (Å²) in [4.78, 5) is -0.258. The molecule has 0 amide bonds. The SMILES string of the molecule is COCC(CO)NS(=O)(=O)c1ccc(OC(F)(F)F)cc1. The van der Waals surface area contributed by atoms with Gasteiger partial charge in [0.05, 0.1) is 24.2 Å². The maximum atomic E-state index is 12.0. The number of aliphatic hydroxyl groups is 1. The second-order valence-corrected chi connectivity index (χ2v) is 5.69. The van der Waals surface area contributed by atoms with Crippen molar-refractivity contribution in [1.29, 1.82) is 0 Å². The van der Waals surface area contributed by atoms with Gasteiger partial charge in [0.2, 0.25) is 10.0 Å². The molecule has 0 radical (unpaired) electrons. The molecular formula is C11H14F3NO5S. The normalized spacial score (nSPS) is 14.0. The molecule has 0 aliphatic rings. The molecule has 120 valence electrons. The average Bonchev–Trinajstić information content (AvgIpc) is 2.36. The second-order valence-electron chi connectivity index (χ2n) is 3.98. The number of sulfonamides is 1. The van der Waals surface area contributed by atoms with Crippen molar-refractivity contribution in [3.63, 3.8) is 0 Å². The van der Waals surface area contributed by atoms with Gasteiger partial charge in [-0.2, -0.15) is 0 Å². The van der Waals surface area contributed by atoms with Gasteiger partial charge in [-0.3, -0.25) is 0 Å². The lowest BCUT2D eigenvalue weighted by Crippen LogP contribution is -2.40. The Morgan fingerprint density at radius 3 is 2.29 bits per heavy atom. The average molecular weight is 329 g/mol. The van der Waals surface area contributed by atoms with E-state index in [4.69, 9.17) is 9.84 Å². The fourth-order valence-electron chi connectivity index (χ4n) is 1.43. The summed E-state index contributed by atoms with van der Waals surface area (Å²) in [5.74, 6) is -0.531. The van der Waals surface area contributed by atoms with Gasteiger partial charge in [-0.05, 0) is 24.3 Å². The Morgan fingerprint density at radius 2 is 1.86 bits per heavy atom. The van der Waals surface area contributed by atoms with E-state index >= 15 is 0 Å². The number of hydrogen-bond donors (Lipinski definition) is 2. The van der Waals surface area contributed by atoms with E-state index in [2.05, 4.69) is 9.46 Å². The van der Waals surface area contributed by atoms with E-state index in [1.165, 1.54) is 7.11 Å². The molecule has 1 rings (SSSR count). The monoisotopic (exact) mass is 329 g/mol. The molecule has 0 aromatic heterocycles. The molecule has 1 atom stereocenters. The summed E-state index contributed by atoms with van der Waals surface area (Å²) in [6.07, 6.45) is -4.85. The molecular weight excluding hydrogens is 315 g/mol. The first-order valence-electron chi connectivity index (χ1n) is 5.66. The van der Waals surface area contributed by atoms with Crippen LogP contribution in [0.25, 0.3) is 0 Å². The zero-order chi connectivity index (χ0) is 16.1. The van der Waals surface area contributed by atoms with E-state index < -0.39 is 34.8 Å². The van der Waals surface area contributed by atoms with E-state index in [-0.39, 0.29) is 11.5 Å². The van der Waals surface area contributed by atoms with Crippen molar-refractivity contribution < 1.29 is 36.2 Å². The lowest BCUT2D eigenvalue weighted by atomic mass is 10.3. The van der Waals surface area contributed by atoms with Gasteiger partial charge in [0.1, 0.15) is 5.75 Å². The third kappa shape index (κ3) is 5.87. The number of nitrogens with one attached hydrogen (secondary N) is 1. The summed E-state index contributed by atoms with van der Waals surface area (Å²) in [7, 11) is -2.65. The Bertz CT molecular complexity index is 544. The molecule has 6 nitrogen and oxygen atoms in total. The van der Waals surface area contributed by atoms with E-state index in [1.807, 2.05) is 0 Å². The van der Waals surface area contributed by atoms with Crippen LogP contribution in [-0.4, -0.2) is 46.3 Å². The van der Waals surface area contributed by atoms with Crippen LogP contribution >= 0.6 is 0 Å². The van der Waals surface area contributed by atoms with Gasteiger partial charge in [0.25, 0.3) is 0 Å². The second kappa shape index (κ2) is 7.07. The fraction of sp³-hybridized carbons (Fsp3) is 0.455. The predicted molar refractivity (Wildman–Crippen MR) is 66.2 cm³/mol. The summed E-state index contributed by atoms with van der Waals surface area (Å²) in [5.41, 5.74) is 0. The Hall–Kier alpha value is -1.36. The Labute approximate surface area is 119 Å². The predicted octanol–water partition coefficient (Wildman–Crippen LogP) is 0.871. The highest BCUT2D eigenvalue weighted by Crippen LogP contribution is 2.23. The Balaban J connectivity index is 2.84. The molecule has 2 N–H and O–H groups in total. The minimum absolute atomic E-state index is 0.0506. The minimum Gasteiger partial charge on any atom is -0.406 e. The Kier molecular flexibility index (Phi) is 5.96. The van der Waals surface area contributed by atoms with Crippen molar-refractivity contribution in [2.45, 2.75) is 17.3 Å². The molecule has 1 aromatic carbocycles. The molecule has 0 bridgehead atoms. The number of benzene rings is 1. The number of alkyl halides is 3. The number of ether oxygens (including phenoxy) is 2. The standard InChI is InChI=1S/C11H14F3NO5S/c1-19-7-8(6-16)15-21(17,18)10-4-2-9(3-5-10)20-11(12,13)14/h2-5,8,15-16H,6-7H2,1H3. The lowest BCUT2D eigenvalue weighted by Gasteiger charge is -2.15. The first-order chi connectivity index (χ1) is 9.68. The first-order valence-corrected chi connectivity index (χ1v) is 7.14. The van der Waals surface area contributed by atoms with Crippen molar-refractivity contribution in [2.24, 2.45) is 0 Å². The van der Waals surface area contributed by atoms with Gasteiger partial charge in [-0.15, -0.1) is 13.2 Å². The quantitative estimate of drug-likeness (QED) is 0.775. The summed E-state index contributed by atoms with van der Waals surface area (Å²) >= 11 is 0. The first kappa shape index (κ1) is 17.7. The highest BCUT2D eigenvalue weighted by molar-refractivity contribution is 7.89. The number of aliphatic hydroxyl groups excluding tert-OH is 1. The molecule has 0 fully saturated rings.